The summed E-state index contributed by atoms with van der Waals surface area (Å²) in [5.41, 5.74) is 0.937. The predicted octanol–water partition coefficient (Wildman–Crippen LogP) is 1.68. The largest absolute Gasteiger partial charge is 0.329 e. The van der Waals surface area contributed by atoms with Crippen molar-refractivity contribution in [3.8, 4) is 0 Å². The van der Waals surface area contributed by atoms with Gasteiger partial charge in [0.15, 0.2) is 0 Å². The number of nitrogens with zero attached hydrogens (tertiary/aromatic N) is 1. The first-order valence-electron chi connectivity index (χ1n) is 7.79. The van der Waals surface area contributed by atoms with Gasteiger partial charge in [-0.3, -0.25) is 0 Å². The number of quaternary nitrogens is 1. The molecule has 0 bridgehead atoms. The van der Waals surface area contributed by atoms with Gasteiger partial charge >= 0.3 is 0 Å². The average molecular weight is 414 g/mol. The van der Waals surface area contributed by atoms with Crippen LogP contribution in [0, 0.1) is 5.82 Å². The molecule has 0 unspecified atom stereocenters. The first-order valence-corrected chi connectivity index (χ1v) is 10.0. The lowest BCUT2D eigenvalue weighted by molar-refractivity contribution is -0.917. The van der Waals surface area contributed by atoms with Gasteiger partial charge in [0.25, 0.3) is 0 Å². The standard InChI is InChI=1S/C17H18BrFN2O2S/c18-16-6-1-2-7-17(16)24(22,23)21-10-8-20(9-11-21)13-14-4-3-5-15(19)12-14/h1-7,12H,8-11,13H2/p+1. The molecule has 2 aromatic rings. The molecular weight excluding hydrogens is 395 g/mol. The molecule has 0 aliphatic carbocycles. The second-order valence-electron chi connectivity index (χ2n) is 5.89. The van der Waals surface area contributed by atoms with Gasteiger partial charge in [0.1, 0.15) is 12.4 Å². The molecule has 0 saturated carbocycles. The van der Waals surface area contributed by atoms with E-state index in [4.69, 9.17) is 0 Å². The number of nitrogens with one attached hydrogen (secondary N) is 1. The molecule has 0 aromatic heterocycles. The molecule has 1 heterocycles. The van der Waals surface area contributed by atoms with E-state index in [1.807, 2.05) is 6.07 Å². The van der Waals surface area contributed by atoms with Crippen molar-refractivity contribution in [2.45, 2.75) is 11.4 Å². The van der Waals surface area contributed by atoms with Crippen LogP contribution < -0.4 is 4.90 Å². The van der Waals surface area contributed by atoms with Crippen LogP contribution in [0.25, 0.3) is 0 Å². The number of hydrogen-bond donors (Lipinski definition) is 1. The third-order valence-electron chi connectivity index (χ3n) is 4.23. The van der Waals surface area contributed by atoms with Gasteiger partial charge in [0, 0.05) is 10.0 Å². The van der Waals surface area contributed by atoms with Crippen molar-refractivity contribution in [3.63, 3.8) is 0 Å². The maximum atomic E-state index is 13.3. The summed E-state index contributed by atoms with van der Waals surface area (Å²) in [5.74, 6) is -0.234. The molecule has 0 radical (unpaired) electrons. The Hall–Kier alpha value is -1.28. The average Bonchev–Trinajstić information content (AvgIpc) is 2.55. The Bertz CT molecular complexity index is 821. The van der Waals surface area contributed by atoms with Crippen LogP contribution in [-0.2, 0) is 16.6 Å². The van der Waals surface area contributed by atoms with Crippen molar-refractivity contribution in [1.82, 2.24) is 4.31 Å². The van der Waals surface area contributed by atoms with E-state index in [0.717, 1.165) is 5.56 Å². The predicted molar refractivity (Wildman–Crippen MR) is 93.7 cm³/mol. The van der Waals surface area contributed by atoms with E-state index in [1.54, 1.807) is 30.3 Å². The first kappa shape index (κ1) is 17.5. The van der Waals surface area contributed by atoms with Crippen LogP contribution in [0.2, 0.25) is 0 Å². The highest BCUT2D eigenvalue weighted by atomic mass is 79.9. The molecule has 4 nitrogen and oxygen atoms in total. The Morgan fingerprint density at radius 3 is 2.46 bits per heavy atom. The zero-order chi connectivity index (χ0) is 17.2. The molecule has 1 N–H and O–H groups in total. The van der Waals surface area contributed by atoms with Crippen molar-refractivity contribution in [2.24, 2.45) is 0 Å². The molecule has 0 atom stereocenters. The summed E-state index contributed by atoms with van der Waals surface area (Å²) in [4.78, 5) is 1.57. The third-order valence-corrected chi connectivity index (χ3v) is 7.14. The fourth-order valence-corrected chi connectivity index (χ4v) is 5.35. The molecule has 3 rings (SSSR count). The molecule has 1 aliphatic heterocycles. The van der Waals surface area contributed by atoms with Crippen LogP contribution in [0.5, 0.6) is 0 Å². The Kier molecular flexibility index (Phi) is 5.34. The second kappa shape index (κ2) is 7.31. The van der Waals surface area contributed by atoms with Crippen LogP contribution in [-0.4, -0.2) is 38.9 Å². The smallest absolute Gasteiger partial charge is 0.244 e. The van der Waals surface area contributed by atoms with Gasteiger partial charge < -0.3 is 4.90 Å². The van der Waals surface area contributed by atoms with E-state index < -0.39 is 10.0 Å². The molecule has 24 heavy (non-hydrogen) atoms. The monoisotopic (exact) mass is 413 g/mol. The van der Waals surface area contributed by atoms with Crippen LogP contribution >= 0.6 is 15.9 Å². The maximum absolute atomic E-state index is 13.3. The Balaban J connectivity index is 1.66. The van der Waals surface area contributed by atoms with Gasteiger partial charge in [-0.1, -0.05) is 24.3 Å². The first-order chi connectivity index (χ1) is 11.5. The van der Waals surface area contributed by atoms with Gasteiger partial charge in [-0.2, -0.15) is 4.31 Å². The van der Waals surface area contributed by atoms with Crippen LogP contribution in [0.1, 0.15) is 5.56 Å². The number of piperazine rings is 1. The van der Waals surface area contributed by atoms with Crippen molar-refractivity contribution in [1.29, 1.82) is 0 Å². The van der Waals surface area contributed by atoms with E-state index in [9.17, 15) is 12.8 Å². The number of benzene rings is 2. The summed E-state index contributed by atoms with van der Waals surface area (Å²) in [6.07, 6.45) is 0. The SMILES string of the molecule is O=S(=O)(c1ccccc1Br)N1CC[NH+](Cc2cccc(F)c2)CC1. The quantitative estimate of drug-likeness (QED) is 0.828. The fourth-order valence-electron chi connectivity index (χ4n) is 2.95. The summed E-state index contributed by atoms with van der Waals surface area (Å²) in [5, 5.41) is 0. The summed E-state index contributed by atoms with van der Waals surface area (Å²) in [7, 11) is -3.48. The molecule has 128 valence electrons. The molecule has 2 aromatic carbocycles. The van der Waals surface area contributed by atoms with Crippen molar-refractivity contribution >= 4 is 26.0 Å². The zero-order valence-electron chi connectivity index (χ0n) is 13.1. The van der Waals surface area contributed by atoms with E-state index in [2.05, 4.69) is 15.9 Å². The minimum absolute atomic E-state index is 0.234. The summed E-state index contributed by atoms with van der Waals surface area (Å²) in [6.45, 7) is 3.06. The van der Waals surface area contributed by atoms with E-state index in [-0.39, 0.29) is 5.82 Å². The van der Waals surface area contributed by atoms with Crippen molar-refractivity contribution < 1.29 is 17.7 Å². The number of hydrogen-bond acceptors (Lipinski definition) is 2. The Labute approximate surface area is 150 Å². The van der Waals surface area contributed by atoms with Crippen molar-refractivity contribution in [3.05, 3.63) is 64.4 Å². The molecule has 1 fully saturated rings. The maximum Gasteiger partial charge on any atom is 0.244 e. The highest BCUT2D eigenvalue weighted by Gasteiger charge is 2.31. The highest BCUT2D eigenvalue weighted by Crippen LogP contribution is 2.24. The normalized spacial score (nSPS) is 17.1. The number of halogens is 2. The highest BCUT2D eigenvalue weighted by molar-refractivity contribution is 9.10. The molecule has 1 aliphatic rings. The number of rotatable bonds is 4. The lowest BCUT2D eigenvalue weighted by Crippen LogP contribution is -3.13. The van der Waals surface area contributed by atoms with Gasteiger partial charge in [0.2, 0.25) is 10.0 Å². The minimum atomic E-state index is -3.48. The second-order valence-corrected chi connectivity index (χ2v) is 8.65. The van der Waals surface area contributed by atoms with Gasteiger partial charge in [-0.15, -0.1) is 0 Å². The molecule has 0 spiro atoms. The zero-order valence-corrected chi connectivity index (χ0v) is 15.5. The lowest BCUT2D eigenvalue weighted by Gasteiger charge is -2.31. The molecule has 7 heteroatoms. The Morgan fingerprint density at radius 2 is 1.79 bits per heavy atom. The van der Waals surface area contributed by atoms with Crippen LogP contribution in [0.4, 0.5) is 4.39 Å². The van der Waals surface area contributed by atoms with E-state index in [1.165, 1.54) is 21.3 Å². The molecule has 0 amide bonds. The van der Waals surface area contributed by atoms with Crippen LogP contribution in [0.3, 0.4) is 0 Å². The van der Waals surface area contributed by atoms with E-state index >= 15 is 0 Å². The van der Waals surface area contributed by atoms with E-state index in [0.29, 0.717) is 42.1 Å². The van der Waals surface area contributed by atoms with Gasteiger partial charge in [-0.25, -0.2) is 12.8 Å². The number of sulfonamides is 1. The topological polar surface area (TPSA) is 41.8 Å². The summed E-state index contributed by atoms with van der Waals surface area (Å²) >= 11 is 3.32. The summed E-state index contributed by atoms with van der Waals surface area (Å²) in [6, 6.07) is 13.5. The summed E-state index contributed by atoms with van der Waals surface area (Å²) < 4.78 is 40.9. The molecule has 1 saturated heterocycles. The fraction of sp³-hybridized carbons (Fsp3) is 0.294. The molecular formula is C17H19BrFN2O2S+. The van der Waals surface area contributed by atoms with Gasteiger partial charge in [-0.05, 0) is 40.2 Å². The van der Waals surface area contributed by atoms with Crippen molar-refractivity contribution in [2.75, 3.05) is 26.2 Å². The lowest BCUT2D eigenvalue weighted by atomic mass is 10.2. The van der Waals surface area contributed by atoms with Gasteiger partial charge in [0.05, 0.1) is 31.1 Å². The van der Waals surface area contributed by atoms with Crippen LogP contribution in [0.15, 0.2) is 57.9 Å². The third kappa shape index (κ3) is 3.85. The minimum Gasteiger partial charge on any atom is -0.329 e. The Morgan fingerprint density at radius 1 is 1.08 bits per heavy atom.